The third kappa shape index (κ3) is 3.16. The van der Waals surface area contributed by atoms with Crippen molar-refractivity contribution in [1.82, 2.24) is 0 Å². The molecular formula is C12H7F9. The Morgan fingerprint density at radius 2 is 1.14 bits per heavy atom. The van der Waals surface area contributed by atoms with Gasteiger partial charge in [-0.1, -0.05) is 36.4 Å². The van der Waals surface area contributed by atoms with Crippen LogP contribution in [0.2, 0.25) is 0 Å². The fraction of sp³-hybridized carbons (Fsp3) is 0.333. The van der Waals surface area contributed by atoms with E-state index in [2.05, 4.69) is 0 Å². The molecule has 0 heterocycles. The second-order valence-electron chi connectivity index (χ2n) is 4.01. The molecule has 0 N–H and O–H groups in total. The minimum atomic E-state index is -6.87. The Bertz CT molecular complexity index is 499. The van der Waals surface area contributed by atoms with Gasteiger partial charge in [0.05, 0.1) is 0 Å². The molecule has 1 rings (SSSR count). The van der Waals surface area contributed by atoms with Crippen molar-refractivity contribution in [3.05, 3.63) is 42.0 Å². The third-order valence-corrected chi connectivity index (χ3v) is 2.45. The SMILES string of the molecule is FC(F)(F)C(F)(F)C(F)(F)C(F)(F)/C=C\c1ccccc1. The zero-order valence-electron chi connectivity index (χ0n) is 9.94. The number of rotatable bonds is 4. The van der Waals surface area contributed by atoms with Crippen molar-refractivity contribution in [3.63, 3.8) is 0 Å². The van der Waals surface area contributed by atoms with Gasteiger partial charge >= 0.3 is 23.9 Å². The summed E-state index contributed by atoms with van der Waals surface area (Å²) in [5.41, 5.74) is -0.0664. The van der Waals surface area contributed by atoms with Gasteiger partial charge in [-0.25, -0.2) is 0 Å². The van der Waals surface area contributed by atoms with E-state index in [-0.39, 0.29) is 5.56 Å². The first-order valence-corrected chi connectivity index (χ1v) is 5.27. The highest BCUT2D eigenvalue weighted by Gasteiger charge is 2.81. The van der Waals surface area contributed by atoms with E-state index < -0.39 is 30.0 Å². The van der Waals surface area contributed by atoms with Crippen LogP contribution in [0.25, 0.3) is 6.08 Å². The molecule has 0 spiro atoms. The summed E-state index contributed by atoms with van der Waals surface area (Å²) in [6.45, 7) is 0. The molecule has 0 amide bonds. The lowest BCUT2D eigenvalue weighted by Crippen LogP contribution is -2.60. The number of benzene rings is 1. The minimum absolute atomic E-state index is 0.0664. The van der Waals surface area contributed by atoms with Crippen LogP contribution >= 0.6 is 0 Å². The molecule has 0 saturated carbocycles. The molecule has 0 unspecified atom stereocenters. The van der Waals surface area contributed by atoms with Crippen molar-refractivity contribution in [2.24, 2.45) is 0 Å². The minimum Gasteiger partial charge on any atom is -0.195 e. The Hall–Kier alpha value is -1.67. The topological polar surface area (TPSA) is 0 Å². The molecule has 0 aliphatic heterocycles. The molecule has 0 radical (unpaired) electrons. The van der Waals surface area contributed by atoms with E-state index in [1.807, 2.05) is 0 Å². The Kier molecular flexibility index (Phi) is 4.36. The smallest absolute Gasteiger partial charge is 0.195 e. The lowest BCUT2D eigenvalue weighted by Gasteiger charge is -2.32. The van der Waals surface area contributed by atoms with Crippen molar-refractivity contribution in [3.8, 4) is 0 Å². The molecule has 1 aromatic carbocycles. The number of hydrogen-bond donors (Lipinski definition) is 0. The average molecular weight is 322 g/mol. The zero-order valence-corrected chi connectivity index (χ0v) is 9.94. The molecule has 0 saturated heterocycles. The third-order valence-electron chi connectivity index (χ3n) is 2.45. The molecule has 0 nitrogen and oxygen atoms in total. The summed E-state index contributed by atoms with van der Waals surface area (Å²) >= 11 is 0. The molecule has 118 valence electrons. The quantitative estimate of drug-likeness (QED) is 0.671. The predicted octanol–water partition coefficient (Wildman–Crippen LogP) is 5.17. The maximum absolute atomic E-state index is 13.1. The lowest BCUT2D eigenvalue weighted by molar-refractivity contribution is -0.388. The fourth-order valence-electron chi connectivity index (χ4n) is 1.26. The number of allylic oxidation sites excluding steroid dienone is 1. The highest BCUT2D eigenvalue weighted by molar-refractivity contribution is 5.50. The summed E-state index contributed by atoms with van der Waals surface area (Å²) in [4.78, 5) is 0. The molecule has 0 bridgehead atoms. The van der Waals surface area contributed by atoms with E-state index in [0.717, 1.165) is 0 Å². The molecule has 0 aromatic heterocycles. The highest BCUT2D eigenvalue weighted by atomic mass is 19.4. The summed E-state index contributed by atoms with van der Waals surface area (Å²) in [6, 6.07) is 6.47. The van der Waals surface area contributed by atoms with Gasteiger partial charge in [-0.15, -0.1) is 0 Å². The van der Waals surface area contributed by atoms with Crippen LogP contribution < -0.4 is 0 Å². The van der Waals surface area contributed by atoms with Crippen LogP contribution in [-0.2, 0) is 0 Å². The first-order chi connectivity index (χ1) is 9.33. The molecule has 21 heavy (non-hydrogen) atoms. The van der Waals surface area contributed by atoms with Crippen molar-refractivity contribution >= 4 is 6.08 Å². The summed E-state index contributed by atoms with van der Waals surface area (Å²) in [7, 11) is 0. The number of hydrogen-bond acceptors (Lipinski definition) is 0. The molecule has 0 fully saturated rings. The van der Waals surface area contributed by atoms with Crippen molar-refractivity contribution in [1.29, 1.82) is 0 Å². The lowest BCUT2D eigenvalue weighted by atomic mass is 10.0. The maximum Gasteiger partial charge on any atom is 0.460 e. The van der Waals surface area contributed by atoms with Crippen LogP contribution in [0, 0.1) is 0 Å². The number of alkyl halides is 9. The molecule has 0 atom stereocenters. The van der Waals surface area contributed by atoms with E-state index in [4.69, 9.17) is 0 Å². The summed E-state index contributed by atoms with van der Waals surface area (Å²) in [5, 5.41) is 0. The van der Waals surface area contributed by atoms with E-state index >= 15 is 0 Å². The van der Waals surface area contributed by atoms with Crippen LogP contribution in [0.4, 0.5) is 39.5 Å². The highest BCUT2D eigenvalue weighted by Crippen LogP contribution is 2.53. The van der Waals surface area contributed by atoms with Crippen LogP contribution in [0.5, 0.6) is 0 Å². The van der Waals surface area contributed by atoms with Gasteiger partial charge in [-0.05, 0) is 11.6 Å². The first-order valence-electron chi connectivity index (χ1n) is 5.27. The maximum atomic E-state index is 13.1. The van der Waals surface area contributed by atoms with Crippen molar-refractivity contribution in [2.75, 3.05) is 0 Å². The average Bonchev–Trinajstić information content (AvgIpc) is 2.36. The molecule has 0 aliphatic carbocycles. The molecular weight excluding hydrogens is 315 g/mol. The van der Waals surface area contributed by atoms with Gasteiger partial charge in [0.1, 0.15) is 0 Å². The van der Waals surface area contributed by atoms with Crippen molar-refractivity contribution in [2.45, 2.75) is 23.9 Å². The van der Waals surface area contributed by atoms with E-state index in [9.17, 15) is 39.5 Å². The van der Waals surface area contributed by atoms with Crippen LogP contribution in [0.3, 0.4) is 0 Å². The van der Waals surface area contributed by atoms with Gasteiger partial charge in [-0.3, -0.25) is 0 Å². The summed E-state index contributed by atoms with van der Waals surface area (Å²) < 4.78 is 113. The second kappa shape index (κ2) is 5.27. The van der Waals surface area contributed by atoms with Crippen LogP contribution in [0.1, 0.15) is 5.56 Å². The summed E-state index contributed by atoms with van der Waals surface area (Å²) in [5.74, 6) is -19.2. The second-order valence-corrected chi connectivity index (χ2v) is 4.01. The van der Waals surface area contributed by atoms with Crippen molar-refractivity contribution < 1.29 is 39.5 Å². The van der Waals surface area contributed by atoms with Gasteiger partial charge in [0.2, 0.25) is 0 Å². The molecule has 0 aliphatic rings. The Balaban J connectivity index is 3.14. The van der Waals surface area contributed by atoms with Gasteiger partial charge < -0.3 is 0 Å². The molecule has 9 heteroatoms. The van der Waals surface area contributed by atoms with E-state index in [0.29, 0.717) is 6.08 Å². The zero-order chi connectivity index (χ0) is 16.5. The van der Waals surface area contributed by atoms with Gasteiger partial charge in [-0.2, -0.15) is 39.5 Å². The normalized spacial score (nSPS) is 14.7. The standard InChI is InChI=1S/C12H7F9/c13-9(14,7-6-8-4-2-1-3-5-8)10(15,16)11(17,18)12(19,20)21/h1-7H/b7-6-. The largest absolute Gasteiger partial charge is 0.460 e. The van der Waals surface area contributed by atoms with Gasteiger partial charge in [0.25, 0.3) is 0 Å². The van der Waals surface area contributed by atoms with Crippen LogP contribution in [-0.4, -0.2) is 23.9 Å². The van der Waals surface area contributed by atoms with Gasteiger partial charge in [0, 0.05) is 0 Å². The summed E-state index contributed by atoms with van der Waals surface area (Å²) in [6.07, 6.45) is -7.15. The monoisotopic (exact) mass is 322 g/mol. The Morgan fingerprint density at radius 1 is 0.667 bits per heavy atom. The molecule has 1 aromatic rings. The number of halogens is 9. The fourth-order valence-corrected chi connectivity index (χ4v) is 1.26. The van der Waals surface area contributed by atoms with E-state index in [1.165, 1.54) is 30.3 Å². The Morgan fingerprint density at radius 3 is 1.57 bits per heavy atom. The first kappa shape index (κ1) is 17.4. The van der Waals surface area contributed by atoms with Gasteiger partial charge in [0.15, 0.2) is 0 Å². The Labute approximate surface area is 112 Å². The predicted molar refractivity (Wildman–Crippen MR) is 56.4 cm³/mol. The van der Waals surface area contributed by atoms with E-state index in [1.54, 1.807) is 0 Å². The van der Waals surface area contributed by atoms with Crippen LogP contribution in [0.15, 0.2) is 36.4 Å².